The normalized spacial score (nSPS) is 12.7. The predicted octanol–water partition coefficient (Wildman–Crippen LogP) is 7.54. The van der Waals surface area contributed by atoms with E-state index in [9.17, 15) is 35.9 Å². The van der Waals surface area contributed by atoms with Gasteiger partial charge in [-0.25, -0.2) is 0 Å². The zero-order valence-electron chi connectivity index (χ0n) is 20.4. The average Bonchev–Trinajstić information content (AvgIpc) is 2.87. The molecule has 5 nitrogen and oxygen atoms in total. The van der Waals surface area contributed by atoms with Crippen molar-refractivity contribution < 1.29 is 41.0 Å². The fraction of sp³-hybridized carbons (Fsp3) is 0.296. The first-order valence-electron chi connectivity index (χ1n) is 11.8. The molecule has 39 heavy (non-hydrogen) atoms. The molecular weight excluding hydrogens is 546 g/mol. The average molecular weight is 571 g/mol. The van der Waals surface area contributed by atoms with Gasteiger partial charge < -0.3 is 10.4 Å². The Kier molecular flexibility index (Phi) is 10.0. The van der Waals surface area contributed by atoms with Crippen molar-refractivity contribution in [1.82, 2.24) is 10.3 Å². The molecule has 208 valence electrons. The summed E-state index contributed by atoms with van der Waals surface area (Å²) in [5.74, 6) is -1.49. The molecule has 12 heteroatoms. The molecule has 3 rings (SSSR count). The molecule has 0 fully saturated rings. The van der Waals surface area contributed by atoms with E-state index in [2.05, 4.69) is 10.3 Å². The van der Waals surface area contributed by atoms with Crippen LogP contribution in [-0.4, -0.2) is 34.7 Å². The standard InChI is InChI=1S/C27H24F6N2O3S/c28-26(29,30)14-1-2-23(39-21-10-5-18(6-11-21)25(38)34-15-13-24(36)37)19-7-12-22(35-16-19)17-3-8-20(9-4-17)27(31,32)33/h3-12,16,23H,1-2,13-15H2,(H,34,38)(H,36,37). The van der Waals surface area contributed by atoms with Gasteiger partial charge >= 0.3 is 18.3 Å². The topological polar surface area (TPSA) is 79.3 Å². The summed E-state index contributed by atoms with van der Waals surface area (Å²) in [6.07, 6.45) is -8.35. The summed E-state index contributed by atoms with van der Waals surface area (Å²) in [6.45, 7) is -0.0264. The van der Waals surface area contributed by atoms with Crippen LogP contribution < -0.4 is 5.32 Å². The van der Waals surface area contributed by atoms with Crippen LogP contribution in [0.1, 0.15) is 52.4 Å². The Balaban J connectivity index is 1.74. The first-order valence-corrected chi connectivity index (χ1v) is 12.7. The van der Waals surface area contributed by atoms with Crippen molar-refractivity contribution in [3.05, 3.63) is 83.6 Å². The number of hydrogen-bond donors (Lipinski definition) is 2. The summed E-state index contributed by atoms with van der Waals surface area (Å²) >= 11 is 1.30. The van der Waals surface area contributed by atoms with Gasteiger partial charge in [0.2, 0.25) is 0 Å². The smallest absolute Gasteiger partial charge is 0.416 e. The number of nitrogens with zero attached hydrogens (tertiary/aromatic N) is 1. The van der Waals surface area contributed by atoms with Crippen molar-refractivity contribution in [2.45, 2.75) is 48.2 Å². The molecule has 1 atom stereocenters. The van der Waals surface area contributed by atoms with Crippen LogP contribution in [0, 0.1) is 0 Å². The second-order valence-corrected chi connectivity index (χ2v) is 9.87. The monoisotopic (exact) mass is 570 g/mol. The number of benzene rings is 2. The van der Waals surface area contributed by atoms with E-state index in [4.69, 9.17) is 5.11 Å². The summed E-state index contributed by atoms with van der Waals surface area (Å²) in [5, 5.41) is 10.8. The van der Waals surface area contributed by atoms with Gasteiger partial charge in [-0.2, -0.15) is 26.3 Å². The maximum Gasteiger partial charge on any atom is 0.416 e. The van der Waals surface area contributed by atoms with E-state index in [-0.39, 0.29) is 25.8 Å². The molecule has 0 spiro atoms. The molecule has 0 bridgehead atoms. The lowest BCUT2D eigenvalue weighted by atomic mass is 10.0. The zero-order valence-corrected chi connectivity index (χ0v) is 21.2. The number of hydrogen-bond acceptors (Lipinski definition) is 4. The fourth-order valence-corrected chi connectivity index (χ4v) is 4.79. The number of carboxylic acids is 1. The highest BCUT2D eigenvalue weighted by atomic mass is 32.2. The number of alkyl halides is 6. The predicted molar refractivity (Wildman–Crippen MR) is 134 cm³/mol. The largest absolute Gasteiger partial charge is 0.481 e. The number of halogens is 6. The third-order valence-corrected chi connectivity index (χ3v) is 6.95. The van der Waals surface area contributed by atoms with Crippen LogP contribution in [0.5, 0.6) is 0 Å². The quantitative estimate of drug-likeness (QED) is 0.184. The highest BCUT2D eigenvalue weighted by Crippen LogP contribution is 2.40. The SMILES string of the molecule is O=C(O)CCNC(=O)c1ccc(SC(CCCC(F)(F)F)c2ccc(-c3ccc(C(F)(F)F)cc3)nc2)cc1. The number of thioether (sulfide) groups is 1. The van der Waals surface area contributed by atoms with Gasteiger partial charge in [0.1, 0.15) is 0 Å². The molecule has 1 heterocycles. The molecule has 2 aromatic carbocycles. The van der Waals surface area contributed by atoms with Gasteiger partial charge in [0, 0.05) is 40.4 Å². The van der Waals surface area contributed by atoms with Crippen LogP contribution >= 0.6 is 11.8 Å². The van der Waals surface area contributed by atoms with Crippen LogP contribution in [0.15, 0.2) is 71.8 Å². The van der Waals surface area contributed by atoms with E-state index >= 15 is 0 Å². The maximum absolute atomic E-state index is 12.8. The molecule has 1 unspecified atom stereocenters. The van der Waals surface area contributed by atoms with Crippen LogP contribution in [-0.2, 0) is 11.0 Å². The van der Waals surface area contributed by atoms with E-state index in [1.54, 1.807) is 24.3 Å². The Hall–Kier alpha value is -3.54. The van der Waals surface area contributed by atoms with Gasteiger partial charge in [0.25, 0.3) is 5.91 Å². The van der Waals surface area contributed by atoms with Crippen LogP contribution in [0.2, 0.25) is 0 Å². The van der Waals surface area contributed by atoms with Gasteiger partial charge in [0.15, 0.2) is 0 Å². The van der Waals surface area contributed by atoms with Crippen molar-refractivity contribution >= 4 is 23.6 Å². The highest BCUT2D eigenvalue weighted by molar-refractivity contribution is 7.99. The van der Waals surface area contributed by atoms with Gasteiger partial charge in [-0.15, -0.1) is 11.8 Å². The Labute approximate surface area is 224 Å². The number of carbonyl (C=O) groups excluding carboxylic acids is 1. The van der Waals surface area contributed by atoms with Gasteiger partial charge in [0.05, 0.1) is 17.7 Å². The molecule has 0 aliphatic rings. The van der Waals surface area contributed by atoms with E-state index in [1.165, 1.54) is 42.2 Å². The first-order chi connectivity index (χ1) is 18.3. The molecule has 1 amide bonds. The second-order valence-electron chi connectivity index (χ2n) is 8.59. The summed E-state index contributed by atoms with van der Waals surface area (Å²) in [6, 6.07) is 14.2. The van der Waals surface area contributed by atoms with Gasteiger partial charge in [-0.3, -0.25) is 14.6 Å². The van der Waals surface area contributed by atoms with E-state index in [0.29, 0.717) is 27.3 Å². The molecule has 0 saturated heterocycles. The lowest BCUT2D eigenvalue weighted by Crippen LogP contribution is -2.25. The summed E-state index contributed by atoms with van der Waals surface area (Å²) in [4.78, 5) is 27.8. The van der Waals surface area contributed by atoms with Gasteiger partial charge in [-0.1, -0.05) is 18.2 Å². The highest BCUT2D eigenvalue weighted by Gasteiger charge is 2.30. The number of rotatable bonds is 11. The number of pyridine rings is 1. The van der Waals surface area contributed by atoms with Crippen molar-refractivity contribution in [2.75, 3.05) is 6.54 Å². The Morgan fingerprint density at radius 1 is 0.923 bits per heavy atom. The van der Waals surface area contributed by atoms with E-state index in [1.807, 2.05) is 0 Å². The Bertz CT molecular complexity index is 1250. The minimum atomic E-state index is -4.46. The number of aliphatic carboxylic acids is 1. The summed E-state index contributed by atoms with van der Waals surface area (Å²) in [7, 11) is 0. The molecule has 0 radical (unpaired) electrons. The van der Waals surface area contributed by atoms with Crippen molar-refractivity contribution in [1.29, 1.82) is 0 Å². The lowest BCUT2D eigenvalue weighted by molar-refractivity contribution is -0.138. The number of nitrogens with one attached hydrogen (secondary N) is 1. The van der Waals surface area contributed by atoms with Crippen molar-refractivity contribution in [3.63, 3.8) is 0 Å². The van der Waals surface area contributed by atoms with Crippen LogP contribution in [0.4, 0.5) is 26.3 Å². The minimum absolute atomic E-state index is 0.0264. The molecule has 2 N–H and O–H groups in total. The zero-order chi connectivity index (χ0) is 28.6. The van der Waals surface area contributed by atoms with E-state index in [0.717, 1.165) is 12.1 Å². The maximum atomic E-state index is 12.8. The van der Waals surface area contributed by atoms with Crippen LogP contribution in [0.25, 0.3) is 11.3 Å². The molecule has 0 aliphatic carbocycles. The number of aromatic nitrogens is 1. The Morgan fingerprint density at radius 2 is 1.59 bits per heavy atom. The summed E-state index contributed by atoms with van der Waals surface area (Å²) in [5.41, 5.74) is 1.06. The third-order valence-electron chi connectivity index (χ3n) is 5.61. The molecule has 3 aromatic rings. The molecule has 0 saturated carbocycles. The number of carbonyl (C=O) groups is 2. The Morgan fingerprint density at radius 3 is 2.13 bits per heavy atom. The lowest BCUT2D eigenvalue weighted by Gasteiger charge is -2.18. The van der Waals surface area contributed by atoms with Crippen LogP contribution in [0.3, 0.4) is 0 Å². The third kappa shape index (κ3) is 9.61. The number of carboxylic acid groups (broad SMARTS) is 1. The number of amides is 1. The van der Waals surface area contributed by atoms with Crippen molar-refractivity contribution in [3.8, 4) is 11.3 Å². The molecule has 0 aliphatic heterocycles. The van der Waals surface area contributed by atoms with Crippen molar-refractivity contribution in [2.24, 2.45) is 0 Å². The first kappa shape index (κ1) is 30.0. The fourth-order valence-electron chi connectivity index (χ4n) is 3.61. The minimum Gasteiger partial charge on any atom is -0.481 e. The second kappa shape index (κ2) is 13.0. The molecular formula is C27H24F6N2O3S. The summed E-state index contributed by atoms with van der Waals surface area (Å²) < 4.78 is 76.8. The molecule has 1 aromatic heterocycles. The van der Waals surface area contributed by atoms with E-state index < -0.39 is 41.5 Å². The van der Waals surface area contributed by atoms with Gasteiger partial charge in [-0.05, 0) is 60.9 Å².